The molecule has 1 amide bonds. The molecule has 0 saturated heterocycles. The smallest absolute Gasteiger partial charge is 0.268 e. The van der Waals surface area contributed by atoms with Crippen molar-refractivity contribution in [1.29, 1.82) is 0 Å². The minimum Gasteiger partial charge on any atom is -0.497 e. The van der Waals surface area contributed by atoms with Crippen LogP contribution in [0.5, 0.6) is 5.75 Å². The van der Waals surface area contributed by atoms with Crippen LogP contribution in [0.1, 0.15) is 28.2 Å². The molecule has 0 radical (unpaired) electrons. The summed E-state index contributed by atoms with van der Waals surface area (Å²) >= 11 is 1.29. The van der Waals surface area contributed by atoms with E-state index in [4.69, 9.17) is 10.5 Å². The number of amides is 1. The number of carbonyl (C=O) groups is 1. The van der Waals surface area contributed by atoms with Crippen molar-refractivity contribution >= 4 is 33.9 Å². The molecule has 0 aliphatic carbocycles. The van der Waals surface area contributed by atoms with Crippen LogP contribution in [-0.2, 0) is 0 Å². The van der Waals surface area contributed by atoms with Crippen LogP contribution in [-0.4, -0.2) is 27.8 Å². The largest absolute Gasteiger partial charge is 0.497 e. The third-order valence-electron chi connectivity index (χ3n) is 4.67. The van der Waals surface area contributed by atoms with Crippen LogP contribution in [0.15, 0.2) is 67.0 Å². The predicted octanol–water partition coefficient (Wildman–Crippen LogP) is 4.35. The number of hydrogen-bond donors (Lipinski definition) is 3. The van der Waals surface area contributed by atoms with E-state index in [1.54, 1.807) is 42.4 Å². The first-order valence-electron chi connectivity index (χ1n) is 9.61. The molecule has 4 rings (SSSR count). The maximum atomic E-state index is 12.6. The van der Waals surface area contributed by atoms with Gasteiger partial charge in [0, 0.05) is 18.0 Å². The lowest BCUT2D eigenvalue weighted by molar-refractivity contribution is 0.103. The number of anilines is 3. The van der Waals surface area contributed by atoms with Gasteiger partial charge in [0.05, 0.1) is 25.0 Å². The molecule has 4 N–H and O–H groups in total. The second-order valence-electron chi connectivity index (χ2n) is 6.86. The fourth-order valence-corrected chi connectivity index (χ4v) is 3.74. The summed E-state index contributed by atoms with van der Waals surface area (Å²) in [5.41, 5.74) is 8.34. The van der Waals surface area contributed by atoms with Crippen LogP contribution < -0.4 is 21.1 Å². The molecule has 0 spiro atoms. The topological polar surface area (TPSA) is 107 Å². The number of carbonyl (C=O) groups excluding carboxylic acids is 1. The van der Waals surface area contributed by atoms with Crippen molar-refractivity contribution in [3.05, 3.63) is 77.4 Å². The van der Waals surface area contributed by atoms with Crippen LogP contribution in [0, 0.1) is 0 Å². The number of nitrogen functional groups attached to an aromatic ring is 1. The minimum absolute atomic E-state index is 0.0311. The fourth-order valence-electron chi connectivity index (χ4n) is 2.95. The summed E-state index contributed by atoms with van der Waals surface area (Å²) < 4.78 is 6.86. The van der Waals surface area contributed by atoms with E-state index in [0.29, 0.717) is 21.5 Å². The third kappa shape index (κ3) is 4.84. The van der Waals surface area contributed by atoms with Crippen molar-refractivity contribution in [3.63, 3.8) is 0 Å². The Hall–Kier alpha value is -3.85. The maximum absolute atomic E-state index is 12.6. The number of nitrogens with two attached hydrogens (primary N) is 1. The van der Waals surface area contributed by atoms with E-state index < -0.39 is 0 Å². The zero-order valence-electron chi connectivity index (χ0n) is 17.1. The molecular formula is C22H22N6O2S. The Labute approximate surface area is 183 Å². The molecule has 8 nitrogen and oxygen atoms in total. The highest BCUT2D eigenvalue weighted by atomic mass is 32.1. The number of ether oxygens (including phenoxy) is 1. The van der Waals surface area contributed by atoms with Crippen molar-refractivity contribution in [3.8, 4) is 11.4 Å². The Morgan fingerprint density at radius 2 is 1.87 bits per heavy atom. The van der Waals surface area contributed by atoms with Crippen molar-refractivity contribution in [2.45, 2.75) is 13.0 Å². The second-order valence-corrected chi connectivity index (χ2v) is 7.89. The number of thiazole rings is 1. The first-order valence-corrected chi connectivity index (χ1v) is 10.4. The molecule has 31 heavy (non-hydrogen) atoms. The molecule has 4 aromatic rings. The predicted molar refractivity (Wildman–Crippen MR) is 123 cm³/mol. The first-order chi connectivity index (χ1) is 15.0. The molecule has 1 unspecified atom stereocenters. The number of aromatic nitrogens is 3. The van der Waals surface area contributed by atoms with Crippen LogP contribution in [0.2, 0.25) is 0 Å². The van der Waals surface area contributed by atoms with Gasteiger partial charge in [0.15, 0.2) is 10.9 Å². The van der Waals surface area contributed by atoms with Crippen LogP contribution >= 0.6 is 11.3 Å². The summed E-state index contributed by atoms with van der Waals surface area (Å²) in [7, 11) is 1.64. The second kappa shape index (κ2) is 8.88. The molecule has 2 heterocycles. The third-order valence-corrected chi connectivity index (χ3v) is 5.60. The molecular weight excluding hydrogens is 412 g/mol. The lowest BCUT2D eigenvalue weighted by Crippen LogP contribution is -2.11. The van der Waals surface area contributed by atoms with Crippen LogP contribution in [0.25, 0.3) is 5.69 Å². The summed E-state index contributed by atoms with van der Waals surface area (Å²) in [5, 5.41) is 11.2. The highest BCUT2D eigenvalue weighted by Crippen LogP contribution is 2.25. The lowest BCUT2D eigenvalue weighted by Gasteiger charge is -2.13. The normalized spacial score (nSPS) is 11.7. The molecule has 2 aromatic carbocycles. The molecule has 9 heteroatoms. The minimum atomic E-state index is -0.259. The van der Waals surface area contributed by atoms with E-state index in [1.807, 2.05) is 43.3 Å². The van der Waals surface area contributed by atoms with Gasteiger partial charge in [0.2, 0.25) is 0 Å². The van der Waals surface area contributed by atoms with Gasteiger partial charge in [-0.1, -0.05) is 23.5 Å². The fraction of sp³-hybridized carbons (Fsp3) is 0.136. The molecule has 0 aliphatic rings. The Bertz CT molecular complexity index is 1170. The first kappa shape index (κ1) is 20.4. The average Bonchev–Trinajstić information content (AvgIpc) is 3.44. The van der Waals surface area contributed by atoms with E-state index in [2.05, 4.69) is 20.7 Å². The molecule has 1 atom stereocenters. The molecule has 0 saturated carbocycles. The zero-order chi connectivity index (χ0) is 21.8. The van der Waals surface area contributed by atoms with Gasteiger partial charge in [-0.2, -0.15) is 5.10 Å². The van der Waals surface area contributed by atoms with E-state index in [-0.39, 0.29) is 11.9 Å². The quantitative estimate of drug-likeness (QED) is 0.374. The number of methoxy groups -OCH3 is 1. The molecule has 158 valence electrons. The van der Waals surface area contributed by atoms with Gasteiger partial charge < -0.3 is 21.1 Å². The lowest BCUT2D eigenvalue weighted by atomic mass is 10.1. The summed E-state index contributed by atoms with van der Waals surface area (Å²) in [6.45, 7) is 2.03. The summed E-state index contributed by atoms with van der Waals surface area (Å²) in [6.07, 6.45) is 3.33. The van der Waals surface area contributed by atoms with Crippen molar-refractivity contribution in [1.82, 2.24) is 14.8 Å². The molecule has 0 bridgehead atoms. The monoisotopic (exact) mass is 434 g/mol. The zero-order valence-corrected chi connectivity index (χ0v) is 17.9. The van der Waals surface area contributed by atoms with Crippen LogP contribution in [0.3, 0.4) is 0 Å². The highest BCUT2D eigenvalue weighted by molar-refractivity contribution is 7.17. The van der Waals surface area contributed by atoms with Gasteiger partial charge in [0.25, 0.3) is 5.91 Å². The standard InChI is InChI=1S/C22H22N6O2S/c1-14(15-3-9-18(30-2)10-4-15)25-22-24-13-19(31-22)21(29)26-20-11-12-28(27-20)17-7-5-16(23)6-8-17/h3-14H,23H2,1-2H3,(H,24,25)(H,26,27,29). The van der Waals surface area contributed by atoms with Crippen LogP contribution in [0.4, 0.5) is 16.6 Å². The molecule has 2 aromatic heterocycles. The van der Waals surface area contributed by atoms with E-state index >= 15 is 0 Å². The van der Waals surface area contributed by atoms with Crippen molar-refractivity contribution < 1.29 is 9.53 Å². The SMILES string of the molecule is COc1ccc(C(C)Nc2ncc(C(=O)Nc3ccn(-c4ccc(N)cc4)n3)s2)cc1. The number of nitrogens with one attached hydrogen (secondary N) is 2. The van der Waals surface area contributed by atoms with E-state index in [9.17, 15) is 4.79 Å². The summed E-state index contributed by atoms with van der Waals surface area (Å²) in [5.74, 6) is 1.00. The Kier molecular flexibility index (Phi) is 5.85. The van der Waals surface area contributed by atoms with Gasteiger partial charge in [-0.05, 0) is 48.9 Å². The molecule has 0 fully saturated rings. The van der Waals surface area contributed by atoms with Gasteiger partial charge in [0.1, 0.15) is 10.6 Å². The highest BCUT2D eigenvalue weighted by Gasteiger charge is 2.14. The number of rotatable bonds is 7. The molecule has 0 aliphatic heterocycles. The summed E-state index contributed by atoms with van der Waals surface area (Å²) in [4.78, 5) is 17.4. The van der Waals surface area contributed by atoms with Gasteiger partial charge in [-0.15, -0.1) is 0 Å². The maximum Gasteiger partial charge on any atom is 0.268 e. The summed E-state index contributed by atoms with van der Waals surface area (Å²) in [6, 6.07) is 16.9. The Balaban J connectivity index is 1.38. The Morgan fingerprint density at radius 1 is 1.13 bits per heavy atom. The number of hydrogen-bond acceptors (Lipinski definition) is 7. The average molecular weight is 435 g/mol. The van der Waals surface area contributed by atoms with E-state index in [1.165, 1.54) is 11.3 Å². The van der Waals surface area contributed by atoms with Gasteiger partial charge in [-0.25, -0.2) is 9.67 Å². The van der Waals surface area contributed by atoms with Gasteiger partial charge >= 0.3 is 0 Å². The van der Waals surface area contributed by atoms with Gasteiger partial charge in [-0.3, -0.25) is 4.79 Å². The number of benzene rings is 2. The van der Waals surface area contributed by atoms with Crippen molar-refractivity contribution in [2.75, 3.05) is 23.5 Å². The van der Waals surface area contributed by atoms with Crippen molar-refractivity contribution in [2.24, 2.45) is 0 Å². The van der Waals surface area contributed by atoms with E-state index in [0.717, 1.165) is 17.0 Å². The Morgan fingerprint density at radius 3 is 2.58 bits per heavy atom. The number of nitrogens with zero attached hydrogens (tertiary/aromatic N) is 3.